The highest BCUT2D eigenvalue weighted by Gasteiger charge is 2.54. The van der Waals surface area contributed by atoms with Gasteiger partial charge in [0.05, 0.1) is 12.0 Å². The molecule has 2 saturated heterocycles. The number of carboxylic acids is 1. The first-order chi connectivity index (χ1) is 10.6. The SMILES string of the molecule is CCCc1cnc(C)nc1N1C[C@@H]2COCC[C@]2(C(=O)O)C1. The van der Waals surface area contributed by atoms with Gasteiger partial charge < -0.3 is 14.7 Å². The molecule has 0 radical (unpaired) electrons. The summed E-state index contributed by atoms with van der Waals surface area (Å²) in [6, 6.07) is 0. The second kappa shape index (κ2) is 5.83. The van der Waals surface area contributed by atoms with Crippen LogP contribution in [0.4, 0.5) is 5.82 Å². The maximum atomic E-state index is 11.9. The number of ether oxygens (including phenoxy) is 1. The molecule has 120 valence electrons. The number of carboxylic acid groups (broad SMARTS) is 1. The molecule has 1 aromatic heterocycles. The van der Waals surface area contributed by atoms with Crippen LogP contribution in [0.2, 0.25) is 0 Å². The zero-order chi connectivity index (χ0) is 15.7. The van der Waals surface area contributed by atoms with Crippen LogP contribution in [-0.2, 0) is 16.0 Å². The van der Waals surface area contributed by atoms with Crippen molar-refractivity contribution in [3.8, 4) is 0 Å². The molecule has 3 rings (SSSR count). The average molecular weight is 305 g/mol. The van der Waals surface area contributed by atoms with E-state index in [4.69, 9.17) is 4.74 Å². The Morgan fingerprint density at radius 2 is 2.41 bits per heavy atom. The maximum absolute atomic E-state index is 11.9. The highest BCUT2D eigenvalue weighted by molar-refractivity contribution is 5.77. The average Bonchev–Trinajstić information content (AvgIpc) is 2.90. The van der Waals surface area contributed by atoms with Gasteiger partial charge >= 0.3 is 5.97 Å². The molecule has 0 aliphatic carbocycles. The Kier molecular flexibility index (Phi) is 4.04. The molecular weight excluding hydrogens is 282 g/mol. The van der Waals surface area contributed by atoms with Crippen molar-refractivity contribution in [1.82, 2.24) is 9.97 Å². The Labute approximate surface area is 130 Å². The molecule has 2 fully saturated rings. The van der Waals surface area contributed by atoms with Crippen LogP contribution in [0.5, 0.6) is 0 Å². The van der Waals surface area contributed by atoms with Crippen LogP contribution in [0.1, 0.15) is 31.2 Å². The first-order valence-corrected chi connectivity index (χ1v) is 7.95. The number of aryl methyl sites for hydroxylation is 2. The second-order valence-electron chi connectivity index (χ2n) is 6.38. The van der Waals surface area contributed by atoms with Crippen LogP contribution in [0, 0.1) is 18.3 Å². The summed E-state index contributed by atoms with van der Waals surface area (Å²) >= 11 is 0. The number of rotatable bonds is 4. The molecule has 2 aliphatic rings. The van der Waals surface area contributed by atoms with Crippen molar-refractivity contribution in [2.45, 2.75) is 33.1 Å². The lowest BCUT2D eigenvalue weighted by molar-refractivity contribution is -0.157. The van der Waals surface area contributed by atoms with Gasteiger partial charge in [0.25, 0.3) is 0 Å². The quantitative estimate of drug-likeness (QED) is 0.912. The molecule has 2 aliphatic heterocycles. The molecule has 0 amide bonds. The maximum Gasteiger partial charge on any atom is 0.311 e. The summed E-state index contributed by atoms with van der Waals surface area (Å²) in [7, 11) is 0. The first-order valence-electron chi connectivity index (χ1n) is 7.95. The minimum atomic E-state index is -0.703. The molecule has 0 saturated carbocycles. The summed E-state index contributed by atoms with van der Waals surface area (Å²) < 4.78 is 5.52. The van der Waals surface area contributed by atoms with Gasteiger partial charge in [0.1, 0.15) is 11.6 Å². The van der Waals surface area contributed by atoms with Crippen molar-refractivity contribution in [2.75, 3.05) is 31.2 Å². The number of nitrogens with zero attached hydrogens (tertiary/aromatic N) is 3. The van der Waals surface area contributed by atoms with Gasteiger partial charge in [-0.2, -0.15) is 0 Å². The number of anilines is 1. The van der Waals surface area contributed by atoms with Crippen molar-refractivity contribution >= 4 is 11.8 Å². The van der Waals surface area contributed by atoms with E-state index in [-0.39, 0.29) is 5.92 Å². The van der Waals surface area contributed by atoms with Gasteiger partial charge in [0, 0.05) is 37.4 Å². The third-order valence-electron chi connectivity index (χ3n) is 4.91. The number of hydrogen-bond donors (Lipinski definition) is 1. The second-order valence-corrected chi connectivity index (χ2v) is 6.38. The van der Waals surface area contributed by atoms with E-state index in [0.717, 1.165) is 30.0 Å². The molecule has 0 bridgehead atoms. The summed E-state index contributed by atoms with van der Waals surface area (Å²) in [6.45, 7) is 6.26. The fourth-order valence-electron chi connectivity index (χ4n) is 3.66. The van der Waals surface area contributed by atoms with E-state index >= 15 is 0 Å². The molecular formula is C16H23N3O3. The van der Waals surface area contributed by atoms with Crippen LogP contribution < -0.4 is 4.90 Å². The number of carbonyl (C=O) groups is 1. The van der Waals surface area contributed by atoms with Crippen molar-refractivity contribution in [3.05, 3.63) is 17.6 Å². The van der Waals surface area contributed by atoms with E-state index in [1.54, 1.807) is 0 Å². The number of aromatic nitrogens is 2. The smallest absolute Gasteiger partial charge is 0.311 e. The minimum absolute atomic E-state index is 0.0310. The number of hydrogen-bond acceptors (Lipinski definition) is 5. The highest BCUT2D eigenvalue weighted by atomic mass is 16.5. The van der Waals surface area contributed by atoms with Crippen molar-refractivity contribution in [3.63, 3.8) is 0 Å². The van der Waals surface area contributed by atoms with Crippen molar-refractivity contribution < 1.29 is 14.6 Å². The number of aliphatic carboxylic acids is 1. The predicted molar refractivity (Wildman–Crippen MR) is 82.0 cm³/mol. The Morgan fingerprint density at radius 1 is 1.59 bits per heavy atom. The molecule has 0 spiro atoms. The highest BCUT2D eigenvalue weighted by Crippen LogP contribution is 2.44. The van der Waals surface area contributed by atoms with Crippen LogP contribution in [0.3, 0.4) is 0 Å². The lowest BCUT2D eigenvalue weighted by atomic mass is 9.74. The molecule has 0 aromatic carbocycles. The molecule has 3 heterocycles. The monoisotopic (exact) mass is 305 g/mol. The Hall–Kier alpha value is -1.69. The van der Waals surface area contributed by atoms with E-state index in [1.165, 1.54) is 0 Å². The van der Waals surface area contributed by atoms with Gasteiger partial charge in [-0.15, -0.1) is 0 Å². The minimum Gasteiger partial charge on any atom is -0.481 e. The third-order valence-corrected chi connectivity index (χ3v) is 4.91. The normalized spacial score (nSPS) is 27.7. The Morgan fingerprint density at radius 3 is 3.09 bits per heavy atom. The van der Waals surface area contributed by atoms with Gasteiger partial charge in [-0.3, -0.25) is 4.79 Å². The zero-order valence-electron chi connectivity index (χ0n) is 13.2. The fraction of sp³-hybridized carbons (Fsp3) is 0.688. The van der Waals surface area contributed by atoms with Crippen LogP contribution in [0.15, 0.2) is 6.20 Å². The van der Waals surface area contributed by atoms with Crippen LogP contribution in [-0.4, -0.2) is 47.3 Å². The Balaban J connectivity index is 1.94. The Bertz CT molecular complexity index is 578. The lowest BCUT2D eigenvalue weighted by Crippen LogP contribution is -2.44. The van der Waals surface area contributed by atoms with E-state index < -0.39 is 11.4 Å². The molecule has 1 aromatic rings. The van der Waals surface area contributed by atoms with Crippen molar-refractivity contribution in [1.29, 1.82) is 0 Å². The lowest BCUT2D eigenvalue weighted by Gasteiger charge is -2.33. The van der Waals surface area contributed by atoms with Gasteiger partial charge in [0.15, 0.2) is 0 Å². The van der Waals surface area contributed by atoms with Gasteiger partial charge in [-0.1, -0.05) is 13.3 Å². The van der Waals surface area contributed by atoms with Gasteiger partial charge in [-0.05, 0) is 19.8 Å². The fourth-order valence-corrected chi connectivity index (χ4v) is 3.66. The van der Waals surface area contributed by atoms with Gasteiger partial charge in [-0.25, -0.2) is 9.97 Å². The van der Waals surface area contributed by atoms with E-state index in [1.807, 2.05) is 13.1 Å². The molecule has 0 unspecified atom stereocenters. The molecule has 6 heteroatoms. The number of fused-ring (bicyclic) bond motifs is 1. The largest absolute Gasteiger partial charge is 0.481 e. The summed E-state index contributed by atoms with van der Waals surface area (Å²) in [4.78, 5) is 22.9. The van der Waals surface area contributed by atoms with E-state index in [2.05, 4.69) is 21.8 Å². The topological polar surface area (TPSA) is 75.5 Å². The summed E-state index contributed by atoms with van der Waals surface area (Å²) in [5.74, 6) is 0.962. The molecule has 6 nitrogen and oxygen atoms in total. The predicted octanol–water partition coefficient (Wildman–Crippen LogP) is 1.67. The summed E-state index contributed by atoms with van der Waals surface area (Å²) in [5, 5.41) is 9.78. The summed E-state index contributed by atoms with van der Waals surface area (Å²) in [6.07, 6.45) is 4.39. The van der Waals surface area contributed by atoms with E-state index in [0.29, 0.717) is 32.7 Å². The third kappa shape index (κ3) is 2.45. The van der Waals surface area contributed by atoms with Crippen molar-refractivity contribution in [2.24, 2.45) is 11.3 Å². The molecule has 1 N–H and O–H groups in total. The standard InChI is InChI=1S/C16H23N3O3/c1-3-4-12-7-17-11(2)18-14(12)19-8-13-9-22-6-5-16(13,10-19)15(20)21/h7,13H,3-6,8-10H2,1-2H3,(H,20,21)/t13-,16+/m1/s1. The van der Waals surface area contributed by atoms with E-state index in [9.17, 15) is 9.90 Å². The first kappa shape index (κ1) is 15.2. The molecule has 22 heavy (non-hydrogen) atoms. The molecule has 2 atom stereocenters. The van der Waals surface area contributed by atoms with Crippen LogP contribution >= 0.6 is 0 Å². The zero-order valence-corrected chi connectivity index (χ0v) is 13.2. The van der Waals surface area contributed by atoms with Gasteiger partial charge in [0.2, 0.25) is 0 Å². The summed E-state index contributed by atoms with van der Waals surface area (Å²) in [5.41, 5.74) is 0.411. The van der Waals surface area contributed by atoms with Crippen LogP contribution in [0.25, 0.3) is 0 Å².